The van der Waals surface area contributed by atoms with Crippen LogP contribution in [0.2, 0.25) is 0 Å². The molecule has 1 atom stereocenters. The molecule has 0 spiro atoms. The van der Waals surface area contributed by atoms with Crippen LogP contribution in [0.25, 0.3) is 0 Å². The number of amides is 1. The van der Waals surface area contributed by atoms with Crippen molar-refractivity contribution < 1.29 is 9.53 Å². The van der Waals surface area contributed by atoms with E-state index in [2.05, 4.69) is 26.3 Å². The molecule has 4 rings (SSSR count). The van der Waals surface area contributed by atoms with E-state index in [-0.39, 0.29) is 11.8 Å². The van der Waals surface area contributed by atoms with E-state index in [1.165, 1.54) is 5.56 Å². The molecule has 2 heterocycles. The highest BCUT2D eigenvalue weighted by Gasteiger charge is 2.29. The fraction of sp³-hybridized carbons (Fsp3) is 0.320. The summed E-state index contributed by atoms with van der Waals surface area (Å²) in [6.07, 6.45) is 5.05. The van der Waals surface area contributed by atoms with Crippen LogP contribution >= 0.6 is 0 Å². The molecule has 3 aromatic rings. The number of piperidine rings is 1. The van der Waals surface area contributed by atoms with Crippen molar-refractivity contribution in [3.63, 3.8) is 0 Å². The Bertz CT molecular complexity index is 1070. The Morgan fingerprint density at radius 2 is 1.77 bits per heavy atom. The minimum Gasteiger partial charge on any atom is -0.436 e. The van der Waals surface area contributed by atoms with Crippen LogP contribution in [0.15, 0.2) is 54.9 Å². The highest BCUT2D eigenvalue weighted by Crippen LogP contribution is 2.31. The molecule has 1 N–H and O–H groups in total. The number of carbonyl (C=O) groups is 1. The van der Waals surface area contributed by atoms with E-state index in [1.807, 2.05) is 57.2 Å². The number of hydrogen-bond acceptors (Lipinski definition) is 5. The number of benzene rings is 2. The standard InChI is InChI=1S/C25H28N4O2/c1-17-7-10-21(11-8-17)31-25-23(26-12-13-27-25)29-14-4-5-20(16-29)24(30)28-22-15-18(2)6-9-19(22)3/h6-13,15,20H,4-5,14,16H2,1-3H3,(H,28,30). The van der Waals surface area contributed by atoms with Crippen molar-refractivity contribution in [1.29, 1.82) is 0 Å². The van der Waals surface area contributed by atoms with Crippen molar-refractivity contribution >= 4 is 17.4 Å². The molecule has 1 unspecified atom stereocenters. The lowest BCUT2D eigenvalue weighted by molar-refractivity contribution is -0.120. The fourth-order valence-corrected chi connectivity index (χ4v) is 3.81. The number of anilines is 2. The number of aromatic nitrogens is 2. The van der Waals surface area contributed by atoms with Gasteiger partial charge in [-0.25, -0.2) is 9.97 Å². The fourth-order valence-electron chi connectivity index (χ4n) is 3.81. The van der Waals surface area contributed by atoms with Crippen LogP contribution in [0.5, 0.6) is 11.6 Å². The summed E-state index contributed by atoms with van der Waals surface area (Å²) in [6, 6.07) is 13.9. The van der Waals surface area contributed by atoms with Gasteiger partial charge in [-0.2, -0.15) is 0 Å². The zero-order chi connectivity index (χ0) is 21.8. The third kappa shape index (κ3) is 5.02. The van der Waals surface area contributed by atoms with Gasteiger partial charge < -0.3 is 15.0 Å². The second-order valence-electron chi connectivity index (χ2n) is 8.19. The number of rotatable bonds is 5. The summed E-state index contributed by atoms with van der Waals surface area (Å²) in [5.41, 5.74) is 4.24. The van der Waals surface area contributed by atoms with Gasteiger partial charge in [0.15, 0.2) is 5.82 Å². The number of nitrogens with one attached hydrogen (secondary N) is 1. The molecule has 1 aliphatic heterocycles. The Kier molecular flexibility index (Phi) is 6.16. The number of ether oxygens (including phenoxy) is 1. The molecule has 160 valence electrons. The highest BCUT2D eigenvalue weighted by molar-refractivity contribution is 5.93. The van der Waals surface area contributed by atoms with Crippen LogP contribution < -0.4 is 15.0 Å². The second kappa shape index (κ2) is 9.16. The van der Waals surface area contributed by atoms with Crippen molar-refractivity contribution in [2.75, 3.05) is 23.3 Å². The SMILES string of the molecule is Cc1ccc(Oc2nccnc2N2CCCC(C(=O)Nc3cc(C)ccc3C)C2)cc1. The van der Waals surface area contributed by atoms with Gasteiger partial charge in [-0.1, -0.05) is 29.8 Å². The van der Waals surface area contributed by atoms with Gasteiger partial charge >= 0.3 is 0 Å². The molecular formula is C25H28N4O2. The van der Waals surface area contributed by atoms with E-state index < -0.39 is 0 Å². The van der Waals surface area contributed by atoms with E-state index in [4.69, 9.17) is 4.74 Å². The Morgan fingerprint density at radius 3 is 2.58 bits per heavy atom. The van der Waals surface area contributed by atoms with Crippen LogP contribution in [0.1, 0.15) is 29.5 Å². The van der Waals surface area contributed by atoms with Crippen LogP contribution in [-0.2, 0) is 4.79 Å². The van der Waals surface area contributed by atoms with Crippen molar-refractivity contribution in [2.24, 2.45) is 5.92 Å². The monoisotopic (exact) mass is 416 g/mol. The van der Waals surface area contributed by atoms with Crippen molar-refractivity contribution in [2.45, 2.75) is 33.6 Å². The molecule has 1 fully saturated rings. The Balaban J connectivity index is 1.49. The van der Waals surface area contributed by atoms with E-state index in [9.17, 15) is 4.79 Å². The van der Waals surface area contributed by atoms with Gasteiger partial charge in [0, 0.05) is 31.2 Å². The molecule has 1 aromatic heterocycles. The van der Waals surface area contributed by atoms with E-state index in [0.717, 1.165) is 36.2 Å². The first kappa shape index (κ1) is 20.8. The molecule has 0 bridgehead atoms. The van der Waals surface area contributed by atoms with E-state index in [1.54, 1.807) is 12.4 Å². The molecule has 6 heteroatoms. The van der Waals surface area contributed by atoms with Gasteiger partial charge in [0.25, 0.3) is 5.88 Å². The second-order valence-corrected chi connectivity index (χ2v) is 8.19. The summed E-state index contributed by atoms with van der Waals surface area (Å²) in [5, 5.41) is 3.12. The van der Waals surface area contributed by atoms with Crippen LogP contribution in [-0.4, -0.2) is 29.0 Å². The highest BCUT2D eigenvalue weighted by atomic mass is 16.5. The molecule has 6 nitrogen and oxygen atoms in total. The minimum atomic E-state index is -0.122. The molecule has 2 aromatic carbocycles. The van der Waals surface area contributed by atoms with Gasteiger partial charge in [0.2, 0.25) is 5.91 Å². The van der Waals surface area contributed by atoms with Gasteiger partial charge in [-0.3, -0.25) is 4.79 Å². The smallest absolute Gasteiger partial charge is 0.263 e. The topological polar surface area (TPSA) is 67.4 Å². The maximum absolute atomic E-state index is 13.0. The molecule has 1 amide bonds. The Labute approximate surface area is 183 Å². The van der Waals surface area contributed by atoms with Crippen molar-refractivity contribution in [1.82, 2.24) is 9.97 Å². The first-order valence-electron chi connectivity index (χ1n) is 10.7. The number of carbonyl (C=O) groups excluding carboxylic acids is 1. The third-order valence-electron chi connectivity index (χ3n) is 5.62. The summed E-state index contributed by atoms with van der Waals surface area (Å²) >= 11 is 0. The van der Waals surface area contributed by atoms with Crippen LogP contribution in [0, 0.1) is 26.7 Å². The number of nitrogens with zero attached hydrogens (tertiary/aromatic N) is 3. The first-order valence-corrected chi connectivity index (χ1v) is 10.7. The summed E-state index contributed by atoms with van der Waals surface area (Å²) < 4.78 is 6.02. The third-order valence-corrected chi connectivity index (χ3v) is 5.62. The average molecular weight is 417 g/mol. The molecule has 0 radical (unpaired) electrons. The molecule has 0 aliphatic carbocycles. The minimum absolute atomic E-state index is 0.0447. The Morgan fingerprint density at radius 1 is 1.03 bits per heavy atom. The first-order chi connectivity index (χ1) is 15.0. The summed E-state index contributed by atoms with van der Waals surface area (Å²) in [7, 11) is 0. The predicted molar refractivity (Wildman–Crippen MR) is 123 cm³/mol. The maximum Gasteiger partial charge on any atom is 0.263 e. The summed E-state index contributed by atoms with van der Waals surface area (Å²) in [5.74, 6) is 1.77. The summed E-state index contributed by atoms with van der Waals surface area (Å²) in [4.78, 5) is 24.0. The van der Waals surface area contributed by atoms with Gasteiger partial charge in [-0.15, -0.1) is 0 Å². The lowest BCUT2D eigenvalue weighted by atomic mass is 9.96. The molecule has 1 saturated heterocycles. The van der Waals surface area contributed by atoms with Gasteiger partial charge in [-0.05, 0) is 62.9 Å². The largest absolute Gasteiger partial charge is 0.436 e. The van der Waals surface area contributed by atoms with E-state index in [0.29, 0.717) is 24.0 Å². The molecule has 0 saturated carbocycles. The maximum atomic E-state index is 13.0. The zero-order valence-electron chi connectivity index (χ0n) is 18.3. The normalized spacial score (nSPS) is 16.1. The van der Waals surface area contributed by atoms with Crippen molar-refractivity contribution in [3.8, 4) is 11.6 Å². The van der Waals surface area contributed by atoms with Crippen LogP contribution in [0.4, 0.5) is 11.5 Å². The number of hydrogen-bond donors (Lipinski definition) is 1. The van der Waals surface area contributed by atoms with Gasteiger partial charge in [0.05, 0.1) is 5.92 Å². The van der Waals surface area contributed by atoms with Crippen molar-refractivity contribution in [3.05, 3.63) is 71.5 Å². The van der Waals surface area contributed by atoms with Gasteiger partial charge in [0.1, 0.15) is 5.75 Å². The lowest BCUT2D eigenvalue weighted by Gasteiger charge is -2.33. The van der Waals surface area contributed by atoms with Crippen LogP contribution in [0.3, 0.4) is 0 Å². The predicted octanol–water partition coefficient (Wildman–Crippen LogP) is 5.05. The summed E-state index contributed by atoms with van der Waals surface area (Å²) in [6.45, 7) is 7.47. The molecule has 31 heavy (non-hydrogen) atoms. The molecular weight excluding hydrogens is 388 g/mol. The Hall–Kier alpha value is -3.41. The quantitative estimate of drug-likeness (QED) is 0.630. The lowest BCUT2D eigenvalue weighted by Crippen LogP contribution is -2.41. The number of aryl methyl sites for hydroxylation is 3. The van der Waals surface area contributed by atoms with E-state index >= 15 is 0 Å². The molecule has 1 aliphatic rings. The zero-order valence-corrected chi connectivity index (χ0v) is 18.3. The average Bonchev–Trinajstić information content (AvgIpc) is 2.78.